The van der Waals surface area contributed by atoms with Crippen molar-refractivity contribution in [1.29, 1.82) is 5.26 Å². The van der Waals surface area contributed by atoms with Crippen LogP contribution in [0.4, 0.5) is 0 Å². The van der Waals surface area contributed by atoms with Crippen molar-refractivity contribution < 1.29 is 9.59 Å². The molecule has 0 aliphatic heterocycles. The highest BCUT2D eigenvalue weighted by molar-refractivity contribution is 5.95. The Morgan fingerprint density at radius 1 is 1.50 bits per heavy atom. The van der Waals surface area contributed by atoms with E-state index in [1.54, 1.807) is 13.8 Å². The monoisotopic (exact) mass is 246 g/mol. The lowest BCUT2D eigenvalue weighted by Crippen LogP contribution is -2.44. The molecule has 94 valence electrons. The quantitative estimate of drug-likeness (QED) is 0.793. The minimum Gasteiger partial charge on any atom is -0.355 e. The standard InChI is InChI=1S/C12H14N4O2/c1-3-14-11(17)8(2)16-12(18)10-5-4-9(6-13)7-15-10/h4-5,7-8H,3H2,1-2H3,(H,14,17)(H,16,18). The maximum Gasteiger partial charge on any atom is 0.270 e. The molecule has 2 N–H and O–H groups in total. The number of amides is 2. The minimum atomic E-state index is -0.630. The van der Waals surface area contributed by atoms with Crippen LogP contribution in [0.25, 0.3) is 0 Å². The number of hydrogen-bond acceptors (Lipinski definition) is 4. The topological polar surface area (TPSA) is 94.9 Å². The third kappa shape index (κ3) is 3.56. The van der Waals surface area contributed by atoms with E-state index < -0.39 is 11.9 Å². The second-order valence-electron chi connectivity index (χ2n) is 3.63. The van der Waals surface area contributed by atoms with Crippen LogP contribution in [0, 0.1) is 11.3 Å². The molecule has 0 bridgehead atoms. The van der Waals surface area contributed by atoms with Crippen LogP contribution in [0.1, 0.15) is 29.9 Å². The smallest absolute Gasteiger partial charge is 0.270 e. The number of likely N-dealkylation sites (N-methyl/N-ethyl adjacent to an activating group) is 1. The first-order chi connectivity index (χ1) is 8.58. The number of aromatic nitrogens is 1. The average Bonchev–Trinajstić information content (AvgIpc) is 2.39. The molecule has 0 spiro atoms. The number of nitrogens with one attached hydrogen (secondary N) is 2. The molecule has 0 aromatic carbocycles. The molecule has 6 nitrogen and oxygen atoms in total. The summed E-state index contributed by atoms with van der Waals surface area (Å²) in [5.74, 6) is -0.697. The lowest BCUT2D eigenvalue weighted by molar-refractivity contribution is -0.122. The van der Waals surface area contributed by atoms with Gasteiger partial charge in [-0.2, -0.15) is 5.26 Å². The largest absolute Gasteiger partial charge is 0.355 e. The maximum absolute atomic E-state index is 11.7. The van der Waals surface area contributed by atoms with Crippen molar-refractivity contribution in [3.8, 4) is 6.07 Å². The Morgan fingerprint density at radius 2 is 2.22 bits per heavy atom. The number of carbonyl (C=O) groups excluding carboxylic acids is 2. The highest BCUT2D eigenvalue weighted by Crippen LogP contribution is 1.99. The van der Waals surface area contributed by atoms with Crippen LogP contribution in [-0.2, 0) is 4.79 Å². The normalized spacial score (nSPS) is 11.2. The van der Waals surface area contributed by atoms with Crippen molar-refractivity contribution in [3.05, 3.63) is 29.6 Å². The third-order valence-corrected chi connectivity index (χ3v) is 2.22. The summed E-state index contributed by atoms with van der Waals surface area (Å²) in [5, 5.41) is 13.7. The van der Waals surface area contributed by atoms with Gasteiger partial charge in [-0.15, -0.1) is 0 Å². The van der Waals surface area contributed by atoms with Gasteiger partial charge in [-0.3, -0.25) is 9.59 Å². The zero-order valence-electron chi connectivity index (χ0n) is 10.2. The van der Waals surface area contributed by atoms with Gasteiger partial charge in [-0.1, -0.05) is 0 Å². The lowest BCUT2D eigenvalue weighted by Gasteiger charge is -2.12. The van der Waals surface area contributed by atoms with Gasteiger partial charge in [-0.05, 0) is 26.0 Å². The van der Waals surface area contributed by atoms with Gasteiger partial charge in [0.1, 0.15) is 17.8 Å². The van der Waals surface area contributed by atoms with E-state index in [1.165, 1.54) is 18.3 Å². The second kappa shape index (κ2) is 6.35. The lowest BCUT2D eigenvalue weighted by atomic mass is 10.2. The zero-order valence-corrected chi connectivity index (χ0v) is 10.2. The molecule has 0 aliphatic rings. The fourth-order valence-corrected chi connectivity index (χ4v) is 1.26. The van der Waals surface area contributed by atoms with Crippen LogP contribution in [0.3, 0.4) is 0 Å². The summed E-state index contributed by atoms with van der Waals surface area (Å²) in [7, 11) is 0. The zero-order chi connectivity index (χ0) is 13.5. The van der Waals surface area contributed by atoms with Gasteiger partial charge in [0.05, 0.1) is 5.56 Å². The molecule has 1 atom stereocenters. The Bertz CT molecular complexity index is 476. The van der Waals surface area contributed by atoms with Crippen molar-refractivity contribution in [1.82, 2.24) is 15.6 Å². The summed E-state index contributed by atoms with van der Waals surface area (Å²) in [6.45, 7) is 3.90. The first-order valence-corrected chi connectivity index (χ1v) is 5.53. The summed E-state index contributed by atoms with van der Waals surface area (Å²) in [5.41, 5.74) is 0.550. The van der Waals surface area contributed by atoms with E-state index in [-0.39, 0.29) is 11.6 Å². The highest BCUT2D eigenvalue weighted by Gasteiger charge is 2.16. The number of nitriles is 1. The number of rotatable bonds is 4. The molecule has 6 heteroatoms. The molecule has 18 heavy (non-hydrogen) atoms. The van der Waals surface area contributed by atoms with E-state index in [1.807, 2.05) is 6.07 Å². The predicted molar refractivity (Wildman–Crippen MR) is 64.6 cm³/mol. The Kier molecular flexibility index (Phi) is 4.81. The van der Waals surface area contributed by atoms with Gasteiger partial charge in [0.2, 0.25) is 5.91 Å². The van der Waals surface area contributed by atoms with E-state index in [2.05, 4.69) is 15.6 Å². The maximum atomic E-state index is 11.7. The predicted octanol–water partition coefficient (Wildman–Crippen LogP) is 0.208. The average molecular weight is 246 g/mol. The Balaban J connectivity index is 2.65. The van der Waals surface area contributed by atoms with E-state index in [0.717, 1.165) is 0 Å². The molecule has 1 rings (SSSR count). The van der Waals surface area contributed by atoms with E-state index in [0.29, 0.717) is 12.1 Å². The van der Waals surface area contributed by atoms with E-state index in [4.69, 9.17) is 5.26 Å². The Hall–Kier alpha value is -2.42. The van der Waals surface area contributed by atoms with Gasteiger partial charge in [0.15, 0.2) is 0 Å². The molecule has 1 aromatic heterocycles. The SMILES string of the molecule is CCNC(=O)C(C)NC(=O)c1ccc(C#N)cn1. The van der Waals surface area contributed by atoms with Crippen molar-refractivity contribution in [2.45, 2.75) is 19.9 Å². The minimum absolute atomic E-state index is 0.171. The molecule has 0 aliphatic carbocycles. The summed E-state index contributed by atoms with van der Waals surface area (Å²) in [4.78, 5) is 27.0. The molecule has 0 saturated carbocycles. The summed E-state index contributed by atoms with van der Waals surface area (Å²) in [6, 6.07) is 4.22. The van der Waals surface area contributed by atoms with Gasteiger partial charge < -0.3 is 10.6 Å². The van der Waals surface area contributed by atoms with Gasteiger partial charge in [0.25, 0.3) is 5.91 Å². The molecule has 0 radical (unpaired) electrons. The van der Waals surface area contributed by atoms with Crippen LogP contribution in [0.5, 0.6) is 0 Å². The first kappa shape index (κ1) is 13.6. The number of pyridine rings is 1. The molecule has 0 saturated heterocycles. The highest BCUT2D eigenvalue weighted by atomic mass is 16.2. The van der Waals surface area contributed by atoms with Gasteiger partial charge >= 0.3 is 0 Å². The molecular formula is C12H14N4O2. The second-order valence-corrected chi connectivity index (χ2v) is 3.63. The van der Waals surface area contributed by atoms with Gasteiger partial charge in [-0.25, -0.2) is 4.98 Å². The molecule has 1 unspecified atom stereocenters. The molecular weight excluding hydrogens is 232 g/mol. The van der Waals surface area contributed by atoms with Crippen molar-refractivity contribution in [2.75, 3.05) is 6.54 Å². The summed E-state index contributed by atoms with van der Waals surface area (Å²) >= 11 is 0. The first-order valence-electron chi connectivity index (χ1n) is 5.53. The Morgan fingerprint density at radius 3 is 2.72 bits per heavy atom. The third-order valence-electron chi connectivity index (χ3n) is 2.22. The molecule has 0 fully saturated rings. The van der Waals surface area contributed by atoms with Crippen molar-refractivity contribution in [2.24, 2.45) is 0 Å². The van der Waals surface area contributed by atoms with E-state index >= 15 is 0 Å². The van der Waals surface area contributed by atoms with Crippen molar-refractivity contribution in [3.63, 3.8) is 0 Å². The van der Waals surface area contributed by atoms with Crippen LogP contribution in [0.15, 0.2) is 18.3 Å². The summed E-state index contributed by atoms with van der Waals surface area (Å²) in [6.07, 6.45) is 1.31. The van der Waals surface area contributed by atoms with Crippen LogP contribution < -0.4 is 10.6 Å². The van der Waals surface area contributed by atoms with Crippen LogP contribution in [-0.4, -0.2) is 29.4 Å². The van der Waals surface area contributed by atoms with Crippen LogP contribution in [0.2, 0.25) is 0 Å². The molecule has 1 heterocycles. The molecule has 1 aromatic rings. The molecule has 2 amide bonds. The van der Waals surface area contributed by atoms with E-state index in [9.17, 15) is 9.59 Å². The fraction of sp³-hybridized carbons (Fsp3) is 0.333. The van der Waals surface area contributed by atoms with Gasteiger partial charge in [0, 0.05) is 12.7 Å². The Labute approximate surface area is 105 Å². The fourth-order valence-electron chi connectivity index (χ4n) is 1.26. The van der Waals surface area contributed by atoms with Crippen molar-refractivity contribution >= 4 is 11.8 Å². The summed E-state index contributed by atoms with van der Waals surface area (Å²) < 4.78 is 0. The van der Waals surface area contributed by atoms with Crippen LogP contribution >= 0.6 is 0 Å². The number of hydrogen-bond donors (Lipinski definition) is 2. The number of nitrogens with zero attached hydrogens (tertiary/aromatic N) is 2. The number of carbonyl (C=O) groups is 2.